The van der Waals surface area contributed by atoms with E-state index < -0.39 is 26.6 Å². The summed E-state index contributed by atoms with van der Waals surface area (Å²) in [6.07, 6.45) is 52.2. The number of hydrogen-bond acceptors (Lipinski definition) is 7. The van der Waals surface area contributed by atoms with E-state index in [1.807, 2.05) is 33.3 Å². The molecule has 64 heavy (non-hydrogen) atoms. The van der Waals surface area contributed by atoms with Gasteiger partial charge in [0.1, 0.15) is 19.3 Å². The number of unbranched alkanes of at least 4 members (excludes halogenated alkanes) is 25. The van der Waals surface area contributed by atoms with Gasteiger partial charge in [-0.2, -0.15) is 0 Å². The summed E-state index contributed by atoms with van der Waals surface area (Å²) >= 11 is 0. The smallest absolute Gasteiger partial charge is 0.306 e. The lowest BCUT2D eigenvalue weighted by Gasteiger charge is -2.30. The average Bonchev–Trinajstić information content (AvgIpc) is 3.25. The summed E-state index contributed by atoms with van der Waals surface area (Å²) in [5.74, 6) is -0.570. The van der Waals surface area contributed by atoms with Crippen LogP contribution in [0.1, 0.15) is 233 Å². The van der Waals surface area contributed by atoms with E-state index in [4.69, 9.17) is 13.8 Å². The molecule has 0 aliphatic carbocycles. The summed E-state index contributed by atoms with van der Waals surface area (Å²) in [5.41, 5.74) is 0. The fraction of sp³-hybridized carbons (Fsp3) is 0.815. The number of carbonyl (C=O) groups excluding carboxylic acids is 2. The van der Waals surface area contributed by atoms with E-state index in [0.29, 0.717) is 23.9 Å². The Kier molecular flexibility index (Phi) is 43.4. The molecule has 3 atom stereocenters. The number of rotatable bonds is 47. The number of ether oxygens (including phenoxy) is 1. The first-order valence-electron chi connectivity index (χ1n) is 26.4. The van der Waals surface area contributed by atoms with E-state index in [-0.39, 0.29) is 24.9 Å². The Labute approximate surface area is 395 Å². The summed E-state index contributed by atoms with van der Waals surface area (Å²) < 4.78 is 30.1. The monoisotopic (exact) mass is 921 g/mol. The molecule has 374 valence electrons. The second-order valence-electron chi connectivity index (χ2n) is 19.0. The molecule has 0 radical (unpaired) electrons. The molecule has 0 aromatic carbocycles. The Morgan fingerprint density at radius 3 is 1.52 bits per heavy atom. The minimum absolute atomic E-state index is 0.0266. The van der Waals surface area contributed by atoms with Gasteiger partial charge in [0.2, 0.25) is 5.91 Å². The van der Waals surface area contributed by atoms with E-state index in [2.05, 4.69) is 62.5 Å². The SMILES string of the molecule is CC/C=C/C/C=C/CCCCCCCCCC(=O)OC(/C=C/CCCCCCCCCCC)C(COP(=O)([O-])OCC[N+](C)(C)C)NC(=O)CCCCC/C=C\CCCCCCCC. The van der Waals surface area contributed by atoms with E-state index in [1.165, 1.54) is 103 Å². The molecule has 0 aliphatic rings. The number of allylic oxidation sites excluding steroid dienone is 7. The van der Waals surface area contributed by atoms with Crippen LogP contribution < -0.4 is 10.2 Å². The third kappa shape index (κ3) is 45.1. The molecule has 0 fully saturated rings. The highest BCUT2D eigenvalue weighted by Gasteiger charge is 2.27. The molecule has 0 aliphatic heterocycles. The third-order valence-electron chi connectivity index (χ3n) is 11.5. The molecular weight excluding hydrogens is 820 g/mol. The summed E-state index contributed by atoms with van der Waals surface area (Å²) in [5, 5.41) is 3.00. The van der Waals surface area contributed by atoms with Crippen molar-refractivity contribution in [3.05, 3.63) is 48.6 Å². The fourth-order valence-corrected chi connectivity index (χ4v) is 8.10. The van der Waals surface area contributed by atoms with Crippen LogP contribution in [0.4, 0.5) is 0 Å². The zero-order valence-corrected chi connectivity index (χ0v) is 43.4. The van der Waals surface area contributed by atoms with Crippen molar-refractivity contribution in [1.82, 2.24) is 5.32 Å². The summed E-state index contributed by atoms with van der Waals surface area (Å²) in [6, 6.07) is -0.896. The molecule has 0 bridgehead atoms. The normalized spacial score (nSPS) is 14.3. The number of likely N-dealkylation sites (N-methyl/N-ethyl adjacent to an activating group) is 1. The van der Waals surface area contributed by atoms with E-state index >= 15 is 0 Å². The van der Waals surface area contributed by atoms with Gasteiger partial charge in [0, 0.05) is 12.8 Å². The van der Waals surface area contributed by atoms with Crippen molar-refractivity contribution >= 4 is 19.7 Å². The predicted octanol–water partition coefficient (Wildman–Crippen LogP) is 14.7. The van der Waals surface area contributed by atoms with Crippen molar-refractivity contribution in [2.75, 3.05) is 40.9 Å². The number of amides is 1. The van der Waals surface area contributed by atoms with Crippen molar-refractivity contribution in [2.45, 2.75) is 245 Å². The van der Waals surface area contributed by atoms with Gasteiger partial charge in [-0.05, 0) is 83.1 Å². The quantitative estimate of drug-likeness (QED) is 0.0213. The van der Waals surface area contributed by atoms with Crippen LogP contribution >= 0.6 is 7.82 Å². The van der Waals surface area contributed by atoms with Crippen LogP contribution in [0.5, 0.6) is 0 Å². The lowest BCUT2D eigenvalue weighted by atomic mass is 10.1. The number of quaternary nitrogens is 1. The predicted molar refractivity (Wildman–Crippen MR) is 270 cm³/mol. The molecule has 9 nitrogen and oxygen atoms in total. The minimum atomic E-state index is -4.69. The Morgan fingerprint density at radius 1 is 0.562 bits per heavy atom. The van der Waals surface area contributed by atoms with Crippen molar-refractivity contribution in [3.63, 3.8) is 0 Å². The molecule has 0 saturated heterocycles. The van der Waals surface area contributed by atoms with Gasteiger partial charge >= 0.3 is 5.97 Å². The number of nitrogens with zero attached hydrogens (tertiary/aromatic N) is 1. The Bertz CT molecular complexity index is 1240. The number of hydrogen-bond donors (Lipinski definition) is 1. The zero-order valence-electron chi connectivity index (χ0n) is 42.5. The van der Waals surface area contributed by atoms with Crippen LogP contribution in [-0.2, 0) is 27.9 Å². The first-order valence-corrected chi connectivity index (χ1v) is 27.9. The number of nitrogens with one attached hydrogen (secondary N) is 1. The van der Waals surface area contributed by atoms with Gasteiger partial charge in [0.25, 0.3) is 7.82 Å². The van der Waals surface area contributed by atoms with Crippen LogP contribution in [0.15, 0.2) is 48.6 Å². The maximum Gasteiger partial charge on any atom is 0.306 e. The Morgan fingerprint density at radius 2 is 1.00 bits per heavy atom. The van der Waals surface area contributed by atoms with Crippen LogP contribution in [0.2, 0.25) is 0 Å². The zero-order chi connectivity index (χ0) is 47.3. The Hall–Kier alpha value is -2.03. The lowest BCUT2D eigenvalue weighted by molar-refractivity contribution is -0.870. The first kappa shape index (κ1) is 62.0. The second-order valence-corrected chi connectivity index (χ2v) is 20.4. The van der Waals surface area contributed by atoms with Crippen molar-refractivity contribution in [1.29, 1.82) is 0 Å². The van der Waals surface area contributed by atoms with Gasteiger partial charge in [-0.15, -0.1) is 0 Å². The largest absolute Gasteiger partial charge is 0.756 e. The molecule has 0 spiro atoms. The molecule has 0 aromatic heterocycles. The molecule has 0 saturated carbocycles. The maximum atomic E-state index is 13.4. The highest BCUT2D eigenvalue weighted by atomic mass is 31.2. The number of carbonyl (C=O) groups is 2. The summed E-state index contributed by atoms with van der Waals surface area (Å²) in [7, 11) is 1.17. The van der Waals surface area contributed by atoms with Crippen molar-refractivity contribution in [2.24, 2.45) is 0 Å². The molecular formula is C54H101N2O7P. The fourth-order valence-electron chi connectivity index (χ4n) is 7.38. The Balaban J connectivity index is 5.43. The highest BCUT2D eigenvalue weighted by Crippen LogP contribution is 2.38. The van der Waals surface area contributed by atoms with Gasteiger partial charge in [0.15, 0.2) is 0 Å². The molecule has 3 unspecified atom stereocenters. The van der Waals surface area contributed by atoms with Gasteiger partial charge < -0.3 is 28.5 Å². The van der Waals surface area contributed by atoms with Crippen LogP contribution in [0.25, 0.3) is 0 Å². The molecule has 10 heteroatoms. The van der Waals surface area contributed by atoms with Gasteiger partial charge in [-0.25, -0.2) is 0 Å². The minimum Gasteiger partial charge on any atom is -0.756 e. The number of esters is 1. The summed E-state index contributed by atoms with van der Waals surface area (Å²) in [4.78, 5) is 39.6. The highest BCUT2D eigenvalue weighted by molar-refractivity contribution is 7.45. The lowest BCUT2D eigenvalue weighted by Crippen LogP contribution is -2.47. The van der Waals surface area contributed by atoms with E-state index in [0.717, 1.165) is 89.9 Å². The van der Waals surface area contributed by atoms with Crippen molar-refractivity contribution in [3.8, 4) is 0 Å². The molecule has 1 amide bonds. The van der Waals surface area contributed by atoms with E-state index in [9.17, 15) is 19.0 Å². The summed E-state index contributed by atoms with van der Waals surface area (Å²) in [6.45, 7) is 6.69. The maximum absolute atomic E-state index is 13.4. The standard InChI is InChI=1S/C54H101N2O7P/c1-7-10-13-16-19-22-25-27-29-32-35-38-41-44-47-54(58)63-52(45-42-39-36-33-30-24-21-18-15-12-9-3)51(50-62-64(59,60)61-49-48-56(4,5)6)55-53(57)46-43-40-37-34-31-28-26-23-20-17-14-11-8-2/h10,13,19,22,28,31,42,45,51-52H,7-9,11-12,14-18,20-21,23-27,29-30,32-41,43-44,46-50H2,1-6H3,(H-,55,57,59,60)/b13-10+,22-19+,31-28-,45-42+. The van der Waals surface area contributed by atoms with Gasteiger partial charge in [-0.1, -0.05) is 185 Å². The third-order valence-corrected chi connectivity index (χ3v) is 12.5. The molecule has 0 aromatic rings. The topological polar surface area (TPSA) is 114 Å². The van der Waals surface area contributed by atoms with E-state index in [1.54, 1.807) is 0 Å². The molecule has 1 N–H and O–H groups in total. The van der Waals surface area contributed by atoms with Gasteiger partial charge in [0.05, 0.1) is 33.8 Å². The van der Waals surface area contributed by atoms with Gasteiger partial charge in [-0.3, -0.25) is 14.2 Å². The number of phosphoric ester groups is 1. The average molecular weight is 921 g/mol. The van der Waals surface area contributed by atoms with Crippen LogP contribution in [0, 0.1) is 0 Å². The second kappa shape index (κ2) is 44.8. The van der Waals surface area contributed by atoms with Crippen LogP contribution in [0.3, 0.4) is 0 Å². The van der Waals surface area contributed by atoms with Crippen LogP contribution in [-0.4, -0.2) is 69.4 Å². The molecule has 0 heterocycles. The molecule has 0 rings (SSSR count). The van der Waals surface area contributed by atoms with Crippen molar-refractivity contribution < 1.29 is 37.3 Å². The number of phosphoric acid groups is 1. The first-order chi connectivity index (χ1) is 30.9.